The van der Waals surface area contributed by atoms with Gasteiger partial charge in [-0.2, -0.15) is 26.3 Å². The number of aliphatic hydroxyl groups is 1. The Morgan fingerprint density at radius 2 is 1.29 bits per heavy atom. The molecular weight excluding hydrogens is 404 g/mol. The summed E-state index contributed by atoms with van der Waals surface area (Å²) in [7, 11) is 1.23. The molecular formula is C15H17F6NO6. The van der Waals surface area contributed by atoms with Crippen molar-refractivity contribution in [2.24, 2.45) is 5.92 Å². The second kappa shape index (κ2) is 7.62. The van der Waals surface area contributed by atoms with E-state index >= 15 is 0 Å². The van der Waals surface area contributed by atoms with Crippen LogP contribution in [0.15, 0.2) is 22.5 Å². The number of allylic oxidation sites excluding steroid dienone is 2. The summed E-state index contributed by atoms with van der Waals surface area (Å²) in [5.74, 6) is -4.59. The molecule has 0 fully saturated rings. The summed E-state index contributed by atoms with van der Waals surface area (Å²) in [6, 6.07) is 0. The van der Waals surface area contributed by atoms with Gasteiger partial charge in [-0.15, -0.1) is 0 Å². The van der Waals surface area contributed by atoms with Crippen molar-refractivity contribution in [1.82, 2.24) is 5.06 Å². The number of methoxy groups -OCH3 is 2. The number of halogens is 6. The largest absolute Gasteiger partial charge is 0.466 e. The number of alkyl halides is 6. The van der Waals surface area contributed by atoms with Crippen LogP contribution in [0, 0.1) is 5.92 Å². The van der Waals surface area contributed by atoms with Crippen LogP contribution in [0.25, 0.3) is 0 Å². The van der Waals surface area contributed by atoms with Gasteiger partial charge in [0.05, 0.1) is 14.2 Å². The molecule has 0 saturated heterocycles. The lowest BCUT2D eigenvalue weighted by Gasteiger charge is -2.42. The number of rotatable bonds is 4. The van der Waals surface area contributed by atoms with Gasteiger partial charge < -0.3 is 14.6 Å². The summed E-state index contributed by atoms with van der Waals surface area (Å²) in [5, 5.41) is 19.2. The monoisotopic (exact) mass is 421 g/mol. The summed E-state index contributed by atoms with van der Waals surface area (Å²) >= 11 is 0. The molecule has 7 nitrogen and oxygen atoms in total. The minimum Gasteiger partial charge on any atom is -0.466 e. The first-order valence-corrected chi connectivity index (χ1v) is 7.55. The molecule has 13 heteroatoms. The van der Waals surface area contributed by atoms with E-state index in [1.807, 2.05) is 0 Å². The summed E-state index contributed by atoms with van der Waals surface area (Å²) in [5.41, 5.74) is -12.0. The van der Waals surface area contributed by atoms with Crippen LogP contribution in [0.2, 0.25) is 0 Å². The first kappa shape index (κ1) is 23.8. The zero-order valence-electron chi connectivity index (χ0n) is 15.0. The minimum absolute atomic E-state index is 0.613. The van der Waals surface area contributed by atoms with Crippen molar-refractivity contribution in [3.8, 4) is 0 Å². The highest BCUT2D eigenvalue weighted by atomic mass is 19.4. The second-order valence-electron chi connectivity index (χ2n) is 6.20. The summed E-state index contributed by atoms with van der Waals surface area (Å²) in [4.78, 5) is 24.1. The lowest BCUT2D eigenvalue weighted by molar-refractivity contribution is -0.200. The highest BCUT2D eigenvalue weighted by Crippen LogP contribution is 2.50. The Kier molecular flexibility index (Phi) is 6.47. The van der Waals surface area contributed by atoms with E-state index in [1.54, 1.807) is 0 Å². The van der Waals surface area contributed by atoms with Gasteiger partial charge in [0, 0.05) is 0 Å². The maximum atomic E-state index is 13.5. The van der Waals surface area contributed by atoms with E-state index in [2.05, 4.69) is 9.47 Å². The normalized spacial score (nSPS) is 18.0. The zero-order valence-corrected chi connectivity index (χ0v) is 15.0. The standard InChI is InChI=1S/C15H17F6NO6/c1-6(2)5-13(25)7(11(23)27-3)9(14(16,17)18)22(26)10(15(19,20)21)8(13)12(24)28-4/h6,25-26H,5H2,1-4H3. The van der Waals surface area contributed by atoms with Crippen LogP contribution in [0.5, 0.6) is 0 Å². The minimum atomic E-state index is -5.73. The lowest BCUT2D eigenvalue weighted by atomic mass is 9.75. The molecule has 0 spiro atoms. The van der Waals surface area contributed by atoms with Crippen LogP contribution in [-0.4, -0.2) is 59.5 Å². The summed E-state index contributed by atoms with van der Waals surface area (Å²) < 4.78 is 89.4. The SMILES string of the molecule is COC(=O)C1=C(C(F)(F)F)N(O)C(C(F)(F)F)=C(C(=O)OC)C1(O)CC(C)C. The van der Waals surface area contributed by atoms with E-state index in [9.17, 15) is 46.2 Å². The smallest absolute Gasteiger partial charge is 0.434 e. The summed E-state index contributed by atoms with van der Waals surface area (Å²) in [6.07, 6.45) is -12.4. The molecule has 2 N–H and O–H groups in total. The van der Waals surface area contributed by atoms with E-state index in [-0.39, 0.29) is 0 Å². The van der Waals surface area contributed by atoms with Crippen LogP contribution < -0.4 is 0 Å². The fraction of sp³-hybridized carbons (Fsp3) is 0.600. The first-order chi connectivity index (χ1) is 12.5. The average molecular weight is 421 g/mol. The Balaban J connectivity index is 4.18. The molecule has 1 heterocycles. The lowest BCUT2D eigenvalue weighted by Crippen LogP contribution is -2.53. The highest BCUT2D eigenvalue weighted by molar-refractivity contribution is 6.01. The van der Waals surface area contributed by atoms with Crippen molar-refractivity contribution in [1.29, 1.82) is 0 Å². The Bertz CT molecular complexity index is 670. The molecule has 0 aromatic heterocycles. The second-order valence-corrected chi connectivity index (χ2v) is 6.20. The molecule has 0 unspecified atom stereocenters. The number of hydrogen-bond acceptors (Lipinski definition) is 7. The Labute approximate surface area is 154 Å². The van der Waals surface area contributed by atoms with Crippen LogP contribution >= 0.6 is 0 Å². The maximum Gasteiger partial charge on any atom is 0.434 e. The average Bonchev–Trinajstić information content (AvgIpc) is 2.51. The Morgan fingerprint density at radius 1 is 0.964 bits per heavy atom. The van der Waals surface area contributed by atoms with Gasteiger partial charge in [0.1, 0.15) is 16.7 Å². The number of nitrogens with zero attached hydrogens (tertiary/aromatic N) is 1. The van der Waals surface area contributed by atoms with E-state index in [4.69, 9.17) is 0 Å². The topological polar surface area (TPSA) is 96.3 Å². The number of hydroxylamine groups is 2. The molecule has 0 aliphatic carbocycles. The molecule has 1 aliphatic rings. The Hall–Kier alpha value is -2.28. The molecule has 0 radical (unpaired) electrons. The maximum absolute atomic E-state index is 13.5. The van der Waals surface area contributed by atoms with Gasteiger partial charge in [-0.1, -0.05) is 13.8 Å². The van der Waals surface area contributed by atoms with Gasteiger partial charge in [-0.3, -0.25) is 5.21 Å². The molecule has 0 bridgehead atoms. The first-order valence-electron chi connectivity index (χ1n) is 7.55. The van der Waals surface area contributed by atoms with Gasteiger partial charge in [-0.05, 0) is 12.3 Å². The van der Waals surface area contributed by atoms with Crippen molar-refractivity contribution in [3.05, 3.63) is 22.5 Å². The van der Waals surface area contributed by atoms with Gasteiger partial charge in [0.2, 0.25) is 0 Å². The summed E-state index contributed by atoms with van der Waals surface area (Å²) in [6.45, 7) is 2.63. The third-order valence-corrected chi connectivity index (χ3v) is 3.74. The number of ether oxygens (including phenoxy) is 2. The molecule has 1 rings (SSSR count). The van der Waals surface area contributed by atoms with Crippen LogP contribution in [0.1, 0.15) is 20.3 Å². The molecule has 0 atom stereocenters. The molecule has 0 aromatic carbocycles. The van der Waals surface area contributed by atoms with Crippen molar-refractivity contribution in [3.63, 3.8) is 0 Å². The van der Waals surface area contributed by atoms with E-state index in [1.165, 1.54) is 13.8 Å². The number of carbonyl (C=O) groups excluding carboxylic acids is 2. The fourth-order valence-corrected chi connectivity index (χ4v) is 2.89. The number of hydrogen-bond donors (Lipinski definition) is 2. The van der Waals surface area contributed by atoms with Crippen molar-refractivity contribution in [2.45, 2.75) is 38.2 Å². The third-order valence-electron chi connectivity index (χ3n) is 3.74. The van der Waals surface area contributed by atoms with Gasteiger partial charge in [0.25, 0.3) is 0 Å². The molecule has 0 amide bonds. The van der Waals surface area contributed by atoms with Gasteiger partial charge in [0.15, 0.2) is 11.4 Å². The zero-order chi connectivity index (χ0) is 22.2. The predicted octanol–water partition coefficient (Wildman–Crippen LogP) is 2.45. The molecule has 160 valence electrons. The fourth-order valence-electron chi connectivity index (χ4n) is 2.89. The quantitative estimate of drug-likeness (QED) is 0.532. The van der Waals surface area contributed by atoms with E-state index < -0.39 is 69.8 Å². The number of esters is 2. The van der Waals surface area contributed by atoms with Crippen molar-refractivity contribution in [2.75, 3.05) is 14.2 Å². The molecule has 0 saturated carbocycles. The third kappa shape index (κ3) is 4.09. The van der Waals surface area contributed by atoms with Crippen LogP contribution in [0.3, 0.4) is 0 Å². The van der Waals surface area contributed by atoms with E-state index in [0.29, 0.717) is 14.2 Å². The molecule has 1 aliphatic heterocycles. The predicted molar refractivity (Wildman–Crippen MR) is 78.2 cm³/mol. The number of carbonyl (C=O) groups is 2. The van der Waals surface area contributed by atoms with Gasteiger partial charge in [-0.25, -0.2) is 14.7 Å². The van der Waals surface area contributed by atoms with Crippen molar-refractivity contribution >= 4 is 11.9 Å². The molecule has 0 aromatic rings. The highest BCUT2D eigenvalue weighted by Gasteiger charge is 2.62. The Morgan fingerprint density at radius 3 is 1.50 bits per heavy atom. The van der Waals surface area contributed by atoms with Crippen LogP contribution in [0.4, 0.5) is 26.3 Å². The van der Waals surface area contributed by atoms with Crippen LogP contribution in [-0.2, 0) is 19.1 Å². The van der Waals surface area contributed by atoms with Gasteiger partial charge >= 0.3 is 24.3 Å². The molecule has 28 heavy (non-hydrogen) atoms. The van der Waals surface area contributed by atoms with Crippen molar-refractivity contribution < 1.29 is 55.7 Å². The van der Waals surface area contributed by atoms with E-state index in [0.717, 1.165) is 0 Å².